The van der Waals surface area contributed by atoms with Crippen LogP contribution in [0.3, 0.4) is 0 Å². The second kappa shape index (κ2) is 8.56. The second-order valence-electron chi connectivity index (χ2n) is 6.50. The first-order valence-electron chi connectivity index (χ1n) is 8.57. The average Bonchev–Trinajstić information content (AvgIpc) is 2.61. The van der Waals surface area contributed by atoms with Crippen LogP contribution in [-0.4, -0.2) is 20.1 Å². The molecule has 2 rings (SSSR count). The third kappa shape index (κ3) is 4.75. The molecule has 4 heteroatoms. The number of rotatable bonds is 7. The smallest absolute Gasteiger partial charge is 0.224 e. The number of methoxy groups -OCH3 is 2. The summed E-state index contributed by atoms with van der Waals surface area (Å²) < 4.78 is 10.7. The third-order valence-corrected chi connectivity index (χ3v) is 4.32. The van der Waals surface area contributed by atoms with E-state index in [1.165, 1.54) is 0 Å². The quantitative estimate of drug-likeness (QED) is 0.774. The Bertz CT molecular complexity index is 725. The van der Waals surface area contributed by atoms with Gasteiger partial charge in [-0.1, -0.05) is 45.0 Å². The highest BCUT2D eigenvalue weighted by Gasteiger charge is 2.17. The van der Waals surface area contributed by atoms with Gasteiger partial charge in [0, 0.05) is 18.2 Å². The number of nitrogens with one attached hydrogen (secondary N) is 1. The maximum absolute atomic E-state index is 12.5. The van der Waals surface area contributed by atoms with Crippen molar-refractivity contribution in [2.24, 2.45) is 0 Å². The van der Waals surface area contributed by atoms with Crippen LogP contribution in [0.15, 0.2) is 42.5 Å². The molecule has 2 aromatic rings. The minimum Gasteiger partial charge on any atom is -0.497 e. The maximum atomic E-state index is 12.5. The molecule has 0 aliphatic heterocycles. The Hall–Kier alpha value is -2.49. The van der Waals surface area contributed by atoms with Crippen LogP contribution in [0.4, 0.5) is 5.69 Å². The van der Waals surface area contributed by atoms with Gasteiger partial charge in [0.05, 0.1) is 14.2 Å². The lowest BCUT2D eigenvalue weighted by Crippen LogP contribution is -2.16. The van der Waals surface area contributed by atoms with Crippen molar-refractivity contribution in [3.8, 4) is 11.5 Å². The van der Waals surface area contributed by atoms with E-state index in [0.717, 1.165) is 28.3 Å². The van der Waals surface area contributed by atoms with Gasteiger partial charge < -0.3 is 14.8 Å². The van der Waals surface area contributed by atoms with Gasteiger partial charge in [-0.3, -0.25) is 4.79 Å². The highest BCUT2D eigenvalue weighted by molar-refractivity contribution is 5.92. The van der Waals surface area contributed by atoms with Crippen molar-refractivity contribution in [2.45, 2.75) is 39.0 Å². The molecule has 0 saturated heterocycles. The van der Waals surface area contributed by atoms with E-state index >= 15 is 0 Å². The SMILES string of the molecule is COc1ccc(C(C)CC(=O)Nc2ccccc2C(C)C)c(OC)c1. The number of benzene rings is 2. The van der Waals surface area contributed by atoms with E-state index < -0.39 is 0 Å². The van der Waals surface area contributed by atoms with Crippen molar-refractivity contribution >= 4 is 11.6 Å². The molecule has 0 heterocycles. The van der Waals surface area contributed by atoms with Crippen LogP contribution < -0.4 is 14.8 Å². The molecule has 1 unspecified atom stereocenters. The number of ether oxygens (including phenoxy) is 2. The van der Waals surface area contributed by atoms with Crippen LogP contribution in [0.1, 0.15) is 50.2 Å². The molecule has 0 radical (unpaired) electrons. The molecular formula is C21H27NO3. The van der Waals surface area contributed by atoms with Gasteiger partial charge in [-0.25, -0.2) is 0 Å². The van der Waals surface area contributed by atoms with Crippen molar-refractivity contribution in [3.05, 3.63) is 53.6 Å². The van der Waals surface area contributed by atoms with Crippen LogP contribution >= 0.6 is 0 Å². The zero-order valence-electron chi connectivity index (χ0n) is 15.6. The van der Waals surface area contributed by atoms with Gasteiger partial charge in [-0.2, -0.15) is 0 Å². The van der Waals surface area contributed by atoms with Gasteiger partial charge in [-0.15, -0.1) is 0 Å². The number of amides is 1. The summed E-state index contributed by atoms with van der Waals surface area (Å²) in [6.07, 6.45) is 0.384. The summed E-state index contributed by atoms with van der Waals surface area (Å²) in [5.41, 5.74) is 3.03. The number of hydrogen-bond acceptors (Lipinski definition) is 3. The molecule has 0 aliphatic carbocycles. The van der Waals surface area contributed by atoms with Gasteiger partial charge in [0.1, 0.15) is 11.5 Å². The second-order valence-corrected chi connectivity index (χ2v) is 6.50. The number of carbonyl (C=O) groups is 1. The van der Waals surface area contributed by atoms with Crippen LogP contribution in [0.25, 0.3) is 0 Å². The fourth-order valence-corrected chi connectivity index (χ4v) is 2.93. The zero-order chi connectivity index (χ0) is 18.4. The summed E-state index contributed by atoms with van der Waals surface area (Å²) in [6, 6.07) is 13.6. The molecule has 2 aromatic carbocycles. The van der Waals surface area contributed by atoms with Crippen LogP contribution in [-0.2, 0) is 4.79 Å². The Morgan fingerprint density at radius 2 is 1.72 bits per heavy atom. The van der Waals surface area contributed by atoms with Gasteiger partial charge in [0.25, 0.3) is 0 Å². The molecule has 1 amide bonds. The molecule has 4 nitrogen and oxygen atoms in total. The lowest BCUT2D eigenvalue weighted by molar-refractivity contribution is -0.116. The van der Waals surface area contributed by atoms with E-state index in [0.29, 0.717) is 12.3 Å². The zero-order valence-corrected chi connectivity index (χ0v) is 15.6. The topological polar surface area (TPSA) is 47.6 Å². The first-order chi connectivity index (χ1) is 12.0. The number of hydrogen-bond donors (Lipinski definition) is 1. The highest BCUT2D eigenvalue weighted by atomic mass is 16.5. The summed E-state index contributed by atoms with van der Waals surface area (Å²) >= 11 is 0. The lowest BCUT2D eigenvalue weighted by Gasteiger charge is -2.18. The minimum absolute atomic E-state index is 0.00142. The first-order valence-corrected chi connectivity index (χ1v) is 8.57. The van der Waals surface area contributed by atoms with Crippen molar-refractivity contribution in [2.75, 3.05) is 19.5 Å². The normalized spacial score (nSPS) is 11.9. The van der Waals surface area contributed by atoms with E-state index in [9.17, 15) is 4.79 Å². The Morgan fingerprint density at radius 3 is 2.36 bits per heavy atom. The van der Waals surface area contributed by atoms with Crippen LogP contribution in [0, 0.1) is 0 Å². The van der Waals surface area contributed by atoms with Crippen LogP contribution in [0.5, 0.6) is 11.5 Å². The monoisotopic (exact) mass is 341 g/mol. The average molecular weight is 341 g/mol. The van der Waals surface area contributed by atoms with E-state index in [2.05, 4.69) is 25.2 Å². The van der Waals surface area contributed by atoms with E-state index in [1.54, 1.807) is 14.2 Å². The number of para-hydroxylation sites is 1. The fraction of sp³-hybridized carbons (Fsp3) is 0.381. The van der Waals surface area contributed by atoms with Gasteiger partial charge in [0.2, 0.25) is 5.91 Å². The van der Waals surface area contributed by atoms with Gasteiger partial charge in [-0.05, 0) is 35.1 Å². The van der Waals surface area contributed by atoms with Gasteiger partial charge >= 0.3 is 0 Å². The van der Waals surface area contributed by atoms with Crippen molar-refractivity contribution in [1.82, 2.24) is 0 Å². The Morgan fingerprint density at radius 1 is 1.00 bits per heavy atom. The Labute approximate surface area is 150 Å². The Kier molecular flexibility index (Phi) is 6.45. The van der Waals surface area contributed by atoms with Crippen molar-refractivity contribution in [3.63, 3.8) is 0 Å². The predicted molar refractivity (Wildman–Crippen MR) is 102 cm³/mol. The maximum Gasteiger partial charge on any atom is 0.224 e. The molecular weight excluding hydrogens is 314 g/mol. The van der Waals surface area contributed by atoms with Crippen LogP contribution in [0.2, 0.25) is 0 Å². The molecule has 0 aromatic heterocycles. The third-order valence-electron chi connectivity index (χ3n) is 4.32. The summed E-state index contributed by atoms with van der Waals surface area (Å²) in [5.74, 6) is 1.87. The highest BCUT2D eigenvalue weighted by Crippen LogP contribution is 2.32. The summed E-state index contributed by atoms with van der Waals surface area (Å²) in [7, 11) is 3.25. The molecule has 0 spiro atoms. The number of anilines is 1. The molecule has 25 heavy (non-hydrogen) atoms. The first kappa shape index (κ1) is 18.8. The van der Waals surface area contributed by atoms with Gasteiger partial charge in [0.15, 0.2) is 0 Å². The standard InChI is InChI=1S/C21H27NO3/c1-14(2)17-8-6-7-9-19(17)22-21(23)12-15(3)18-11-10-16(24-4)13-20(18)25-5/h6-11,13-15H,12H2,1-5H3,(H,22,23). The molecule has 1 atom stereocenters. The predicted octanol–water partition coefficient (Wildman–Crippen LogP) is 4.96. The summed E-state index contributed by atoms with van der Waals surface area (Å²) in [5, 5.41) is 3.05. The molecule has 0 fully saturated rings. The summed E-state index contributed by atoms with van der Waals surface area (Å²) in [4.78, 5) is 12.5. The number of carbonyl (C=O) groups excluding carboxylic acids is 1. The van der Waals surface area contributed by atoms with E-state index in [-0.39, 0.29) is 11.8 Å². The summed E-state index contributed by atoms with van der Waals surface area (Å²) in [6.45, 7) is 6.27. The minimum atomic E-state index is -0.00142. The van der Waals surface area contributed by atoms with E-state index in [4.69, 9.17) is 9.47 Å². The molecule has 0 aliphatic rings. The molecule has 0 bridgehead atoms. The molecule has 0 saturated carbocycles. The molecule has 134 valence electrons. The van der Waals surface area contributed by atoms with E-state index in [1.807, 2.05) is 43.3 Å². The lowest BCUT2D eigenvalue weighted by atomic mass is 9.95. The van der Waals surface area contributed by atoms with Crippen molar-refractivity contribution in [1.29, 1.82) is 0 Å². The largest absolute Gasteiger partial charge is 0.497 e. The van der Waals surface area contributed by atoms with Crippen molar-refractivity contribution < 1.29 is 14.3 Å². The Balaban J connectivity index is 2.11. The fourth-order valence-electron chi connectivity index (χ4n) is 2.93. The molecule has 1 N–H and O–H groups in total.